The molecular formula is C12H25NO4. The Morgan fingerprint density at radius 2 is 2.06 bits per heavy atom. The molecule has 0 saturated heterocycles. The van der Waals surface area contributed by atoms with Crippen LogP contribution in [-0.2, 0) is 14.3 Å². The Morgan fingerprint density at radius 3 is 2.65 bits per heavy atom. The average Bonchev–Trinajstić information content (AvgIpc) is 2.30. The first kappa shape index (κ1) is 16.4. The maximum absolute atomic E-state index is 11.4. The molecule has 0 fully saturated rings. The van der Waals surface area contributed by atoms with Crippen molar-refractivity contribution in [3.05, 3.63) is 0 Å². The number of carbonyl (C=O) groups is 1. The normalized spacial score (nSPS) is 14.4. The van der Waals surface area contributed by atoms with Crippen LogP contribution in [0.25, 0.3) is 0 Å². The third-order valence-electron chi connectivity index (χ3n) is 2.33. The van der Waals surface area contributed by atoms with Crippen molar-refractivity contribution in [2.75, 3.05) is 33.5 Å². The second kappa shape index (κ2) is 9.39. The van der Waals surface area contributed by atoms with Crippen LogP contribution in [0.2, 0.25) is 0 Å². The molecule has 0 aliphatic carbocycles. The number of methoxy groups -OCH3 is 1. The highest BCUT2D eigenvalue weighted by molar-refractivity contribution is 5.76. The van der Waals surface area contributed by atoms with Gasteiger partial charge in [-0.2, -0.15) is 0 Å². The van der Waals surface area contributed by atoms with Gasteiger partial charge in [0.25, 0.3) is 0 Å². The minimum Gasteiger partial charge on any atom is -0.388 e. The average molecular weight is 247 g/mol. The summed E-state index contributed by atoms with van der Waals surface area (Å²) in [5.74, 6) is -0.0983. The highest BCUT2D eigenvalue weighted by Gasteiger charge is 2.20. The molecule has 5 nitrogen and oxygen atoms in total. The van der Waals surface area contributed by atoms with E-state index in [1.807, 2.05) is 6.92 Å². The monoisotopic (exact) mass is 247 g/mol. The van der Waals surface area contributed by atoms with Crippen LogP contribution in [0.5, 0.6) is 0 Å². The van der Waals surface area contributed by atoms with Gasteiger partial charge in [0, 0.05) is 39.7 Å². The minimum absolute atomic E-state index is 0.0983. The molecule has 0 heterocycles. The van der Waals surface area contributed by atoms with Crippen LogP contribution in [0, 0.1) is 0 Å². The zero-order valence-electron chi connectivity index (χ0n) is 11.1. The zero-order valence-corrected chi connectivity index (χ0v) is 11.1. The highest BCUT2D eigenvalue weighted by atomic mass is 16.5. The summed E-state index contributed by atoms with van der Waals surface area (Å²) in [6, 6.07) is 0. The summed E-state index contributed by atoms with van der Waals surface area (Å²) >= 11 is 0. The third-order valence-corrected chi connectivity index (χ3v) is 2.33. The molecule has 0 aliphatic rings. The summed E-state index contributed by atoms with van der Waals surface area (Å²) in [7, 11) is 1.58. The van der Waals surface area contributed by atoms with Gasteiger partial charge in [0.2, 0.25) is 5.91 Å². The van der Waals surface area contributed by atoms with Crippen LogP contribution in [0.15, 0.2) is 0 Å². The smallest absolute Gasteiger partial charge is 0.222 e. The summed E-state index contributed by atoms with van der Waals surface area (Å²) in [6.45, 7) is 5.52. The van der Waals surface area contributed by atoms with Crippen molar-refractivity contribution in [2.45, 2.75) is 38.7 Å². The van der Waals surface area contributed by atoms with Crippen molar-refractivity contribution in [3.63, 3.8) is 0 Å². The Labute approximate surface area is 103 Å². The summed E-state index contributed by atoms with van der Waals surface area (Å²) in [5.41, 5.74) is -0.921. The molecule has 0 aromatic heterocycles. The molecule has 0 rings (SSSR count). The van der Waals surface area contributed by atoms with E-state index >= 15 is 0 Å². The van der Waals surface area contributed by atoms with Crippen molar-refractivity contribution >= 4 is 5.91 Å². The molecule has 1 atom stereocenters. The van der Waals surface area contributed by atoms with Gasteiger partial charge in [-0.25, -0.2) is 0 Å². The molecular weight excluding hydrogens is 222 g/mol. The predicted octanol–water partition coefficient (Wildman–Crippen LogP) is 0.707. The van der Waals surface area contributed by atoms with Crippen LogP contribution in [0.1, 0.15) is 33.1 Å². The van der Waals surface area contributed by atoms with E-state index in [1.54, 1.807) is 14.0 Å². The van der Waals surface area contributed by atoms with Gasteiger partial charge < -0.3 is 19.9 Å². The first-order valence-corrected chi connectivity index (χ1v) is 6.07. The number of nitrogens with one attached hydrogen (secondary N) is 1. The zero-order chi connectivity index (χ0) is 13.1. The molecule has 5 heteroatoms. The maximum Gasteiger partial charge on any atom is 0.222 e. The second-order valence-corrected chi connectivity index (χ2v) is 4.38. The lowest BCUT2D eigenvalue weighted by atomic mass is 10.0. The molecule has 0 aromatic rings. The molecule has 17 heavy (non-hydrogen) atoms. The van der Waals surface area contributed by atoms with E-state index in [9.17, 15) is 9.90 Å². The van der Waals surface area contributed by atoms with Gasteiger partial charge in [0.1, 0.15) is 0 Å². The summed E-state index contributed by atoms with van der Waals surface area (Å²) in [6.07, 6.45) is 1.78. The molecule has 0 saturated carbocycles. The van der Waals surface area contributed by atoms with E-state index in [0.29, 0.717) is 32.7 Å². The number of amides is 1. The number of hydrogen-bond donors (Lipinski definition) is 2. The van der Waals surface area contributed by atoms with Crippen LogP contribution < -0.4 is 5.32 Å². The Bertz CT molecular complexity index is 207. The van der Waals surface area contributed by atoms with E-state index in [2.05, 4.69) is 5.32 Å². The van der Waals surface area contributed by atoms with Gasteiger partial charge in [-0.1, -0.05) is 6.92 Å². The van der Waals surface area contributed by atoms with Crippen LogP contribution in [-0.4, -0.2) is 50.1 Å². The summed E-state index contributed by atoms with van der Waals surface area (Å²) < 4.78 is 10.1. The van der Waals surface area contributed by atoms with Crippen molar-refractivity contribution in [1.82, 2.24) is 5.32 Å². The Kier molecular flexibility index (Phi) is 9.03. The third kappa shape index (κ3) is 10.2. The van der Waals surface area contributed by atoms with Crippen molar-refractivity contribution < 1.29 is 19.4 Å². The van der Waals surface area contributed by atoms with Gasteiger partial charge in [-0.3, -0.25) is 4.79 Å². The van der Waals surface area contributed by atoms with Crippen LogP contribution >= 0.6 is 0 Å². The quantitative estimate of drug-likeness (QED) is 0.558. The molecule has 2 N–H and O–H groups in total. The highest BCUT2D eigenvalue weighted by Crippen LogP contribution is 2.07. The van der Waals surface area contributed by atoms with Crippen molar-refractivity contribution in [1.29, 1.82) is 0 Å². The van der Waals surface area contributed by atoms with E-state index in [0.717, 1.165) is 6.42 Å². The summed E-state index contributed by atoms with van der Waals surface area (Å²) in [4.78, 5) is 11.4. The number of aliphatic hydroxyl groups is 1. The molecule has 0 spiro atoms. The molecule has 0 bridgehead atoms. The number of ether oxygens (including phenoxy) is 2. The number of carbonyl (C=O) groups excluding carboxylic acids is 1. The van der Waals surface area contributed by atoms with Gasteiger partial charge in [-0.15, -0.1) is 0 Å². The van der Waals surface area contributed by atoms with Crippen molar-refractivity contribution in [2.24, 2.45) is 0 Å². The lowest BCUT2D eigenvalue weighted by Crippen LogP contribution is -2.41. The minimum atomic E-state index is -0.921. The van der Waals surface area contributed by atoms with Gasteiger partial charge in [0.05, 0.1) is 12.2 Å². The second-order valence-electron chi connectivity index (χ2n) is 4.38. The van der Waals surface area contributed by atoms with Gasteiger partial charge in [0.15, 0.2) is 0 Å². The largest absolute Gasteiger partial charge is 0.388 e. The molecule has 1 unspecified atom stereocenters. The van der Waals surface area contributed by atoms with Crippen LogP contribution in [0.4, 0.5) is 0 Å². The molecule has 0 aromatic carbocycles. The van der Waals surface area contributed by atoms with E-state index in [-0.39, 0.29) is 12.5 Å². The van der Waals surface area contributed by atoms with E-state index in [1.165, 1.54) is 0 Å². The van der Waals surface area contributed by atoms with E-state index < -0.39 is 5.60 Å². The first-order valence-electron chi connectivity index (χ1n) is 6.07. The SMILES string of the molecule is CCCOCCC(=O)NCC(C)(O)CCOC. The molecule has 1 amide bonds. The Morgan fingerprint density at radius 1 is 1.35 bits per heavy atom. The Hall–Kier alpha value is -0.650. The predicted molar refractivity (Wildman–Crippen MR) is 65.9 cm³/mol. The van der Waals surface area contributed by atoms with Crippen molar-refractivity contribution in [3.8, 4) is 0 Å². The number of rotatable bonds is 10. The first-order chi connectivity index (χ1) is 8.02. The Balaban J connectivity index is 3.60. The molecule has 0 aliphatic heterocycles. The molecule has 0 radical (unpaired) electrons. The number of hydrogen-bond acceptors (Lipinski definition) is 4. The van der Waals surface area contributed by atoms with Crippen LogP contribution in [0.3, 0.4) is 0 Å². The topological polar surface area (TPSA) is 67.8 Å². The van der Waals surface area contributed by atoms with Gasteiger partial charge >= 0.3 is 0 Å². The lowest BCUT2D eigenvalue weighted by molar-refractivity contribution is -0.123. The van der Waals surface area contributed by atoms with E-state index in [4.69, 9.17) is 9.47 Å². The fourth-order valence-corrected chi connectivity index (χ4v) is 1.20. The fourth-order valence-electron chi connectivity index (χ4n) is 1.20. The van der Waals surface area contributed by atoms with Gasteiger partial charge in [-0.05, 0) is 13.3 Å². The standard InChI is InChI=1S/C12H25NO4/c1-4-7-17-8-5-11(14)13-10-12(2,15)6-9-16-3/h15H,4-10H2,1-3H3,(H,13,14). The maximum atomic E-state index is 11.4. The molecule has 102 valence electrons. The fraction of sp³-hybridized carbons (Fsp3) is 0.917. The summed E-state index contributed by atoms with van der Waals surface area (Å²) in [5, 5.41) is 12.6. The lowest BCUT2D eigenvalue weighted by Gasteiger charge is -2.23.